The maximum atomic E-state index is 12.5. The van der Waals surface area contributed by atoms with Gasteiger partial charge in [0.15, 0.2) is 0 Å². The monoisotopic (exact) mass is 362 g/mol. The number of nitrogens with zero attached hydrogens (tertiary/aromatic N) is 1. The quantitative estimate of drug-likeness (QED) is 0.682. The number of aromatic nitrogens is 1. The van der Waals surface area contributed by atoms with Crippen LogP contribution < -0.4 is 5.32 Å². The fourth-order valence-corrected chi connectivity index (χ4v) is 4.03. The van der Waals surface area contributed by atoms with Crippen LogP contribution >= 0.6 is 34.3 Å². The van der Waals surface area contributed by atoms with Crippen molar-refractivity contribution >= 4 is 40.2 Å². The number of halogens is 1. The van der Waals surface area contributed by atoms with Gasteiger partial charge in [-0.2, -0.15) is 0 Å². The molecule has 23 heavy (non-hydrogen) atoms. The van der Waals surface area contributed by atoms with Crippen LogP contribution in [0.2, 0.25) is 5.02 Å². The Bertz CT molecular complexity index is 810. The number of aryl methyl sites for hydroxylation is 1. The Hall–Kier alpha value is -1.69. The second kappa shape index (κ2) is 6.83. The number of carbonyl (C=O) groups is 1. The summed E-state index contributed by atoms with van der Waals surface area (Å²) in [6.07, 6.45) is 0. The van der Waals surface area contributed by atoms with Crippen LogP contribution in [-0.2, 0) is 0 Å². The molecule has 1 amide bonds. The third-order valence-electron chi connectivity index (χ3n) is 3.41. The molecule has 0 bridgehead atoms. The Morgan fingerprint density at radius 1 is 1.26 bits per heavy atom. The van der Waals surface area contributed by atoms with Gasteiger partial charge in [-0.15, -0.1) is 22.7 Å². The Morgan fingerprint density at radius 3 is 2.65 bits per heavy atom. The molecule has 118 valence electrons. The van der Waals surface area contributed by atoms with Crippen molar-refractivity contribution in [1.82, 2.24) is 10.3 Å². The van der Waals surface area contributed by atoms with Crippen LogP contribution in [0.3, 0.4) is 0 Å². The number of thiazole rings is 1. The number of thiophene rings is 1. The molecule has 0 spiro atoms. The second-order valence-electron chi connectivity index (χ2n) is 5.15. The lowest BCUT2D eigenvalue weighted by molar-refractivity contribution is 0.0944. The van der Waals surface area contributed by atoms with E-state index in [1.54, 1.807) is 11.3 Å². The summed E-state index contributed by atoms with van der Waals surface area (Å²) >= 11 is 8.95. The van der Waals surface area contributed by atoms with Crippen molar-refractivity contribution in [2.75, 3.05) is 0 Å². The van der Waals surface area contributed by atoms with Crippen molar-refractivity contribution in [2.45, 2.75) is 19.9 Å². The van der Waals surface area contributed by atoms with Crippen molar-refractivity contribution in [3.8, 4) is 10.6 Å². The summed E-state index contributed by atoms with van der Waals surface area (Å²) in [4.78, 5) is 18.8. The normalized spacial score (nSPS) is 12.1. The van der Waals surface area contributed by atoms with E-state index in [1.807, 2.05) is 55.6 Å². The van der Waals surface area contributed by atoms with E-state index in [2.05, 4.69) is 10.3 Å². The topological polar surface area (TPSA) is 42.0 Å². The molecule has 0 aliphatic heterocycles. The lowest BCUT2D eigenvalue weighted by atomic mass is 10.2. The number of amides is 1. The predicted octanol–water partition coefficient (Wildman–Crippen LogP) is 5.32. The predicted molar refractivity (Wildman–Crippen MR) is 97.5 cm³/mol. The van der Waals surface area contributed by atoms with Gasteiger partial charge in [-0.3, -0.25) is 4.79 Å². The highest BCUT2D eigenvalue weighted by Gasteiger charge is 2.18. The lowest BCUT2D eigenvalue weighted by Crippen LogP contribution is -2.25. The highest BCUT2D eigenvalue weighted by atomic mass is 35.5. The van der Waals surface area contributed by atoms with Crippen LogP contribution in [0.5, 0.6) is 0 Å². The summed E-state index contributed by atoms with van der Waals surface area (Å²) in [6.45, 7) is 3.85. The molecule has 0 aliphatic rings. The molecule has 1 atom stereocenters. The fraction of sp³-hybridized carbons (Fsp3) is 0.176. The van der Waals surface area contributed by atoms with Crippen LogP contribution in [0.4, 0.5) is 0 Å². The SMILES string of the molecule is Cc1nc(-c2ccc(Cl)cc2)sc1C(=O)NC(C)c1cccs1. The van der Waals surface area contributed by atoms with Crippen LogP contribution in [0, 0.1) is 6.92 Å². The van der Waals surface area contributed by atoms with E-state index in [1.165, 1.54) is 11.3 Å². The summed E-state index contributed by atoms with van der Waals surface area (Å²) < 4.78 is 0. The molecule has 0 radical (unpaired) electrons. The zero-order chi connectivity index (χ0) is 16.4. The summed E-state index contributed by atoms with van der Waals surface area (Å²) in [5.74, 6) is -0.0823. The molecule has 0 saturated heterocycles. The molecule has 3 nitrogen and oxygen atoms in total. The maximum absolute atomic E-state index is 12.5. The Labute approximate surface area is 148 Å². The molecule has 0 saturated carbocycles. The van der Waals surface area contributed by atoms with Gasteiger partial charge in [0, 0.05) is 15.5 Å². The smallest absolute Gasteiger partial charge is 0.263 e. The van der Waals surface area contributed by atoms with E-state index < -0.39 is 0 Å². The number of rotatable bonds is 4. The fourth-order valence-electron chi connectivity index (χ4n) is 2.19. The minimum absolute atomic E-state index is 0.0111. The van der Waals surface area contributed by atoms with Crippen molar-refractivity contribution in [2.24, 2.45) is 0 Å². The molecule has 1 aromatic carbocycles. The molecular weight excluding hydrogens is 348 g/mol. The molecule has 3 rings (SSSR count). The van der Waals surface area contributed by atoms with E-state index in [9.17, 15) is 4.79 Å². The summed E-state index contributed by atoms with van der Waals surface area (Å²) in [7, 11) is 0. The molecular formula is C17H15ClN2OS2. The zero-order valence-electron chi connectivity index (χ0n) is 12.7. The molecule has 1 unspecified atom stereocenters. The van der Waals surface area contributed by atoms with Crippen molar-refractivity contribution < 1.29 is 4.79 Å². The summed E-state index contributed by atoms with van der Waals surface area (Å²) in [5.41, 5.74) is 1.71. The van der Waals surface area contributed by atoms with E-state index >= 15 is 0 Å². The molecule has 0 fully saturated rings. The number of carbonyl (C=O) groups excluding carboxylic acids is 1. The van der Waals surface area contributed by atoms with E-state index in [-0.39, 0.29) is 11.9 Å². The minimum atomic E-state index is -0.0823. The number of hydrogen-bond acceptors (Lipinski definition) is 4. The average Bonchev–Trinajstić information content (AvgIpc) is 3.17. The number of hydrogen-bond donors (Lipinski definition) is 1. The van der Waals surface area contributed by atoms with Gasteiger partial charge in [0.2, 0.25) is 0 Å². The highest BCUT2D eigenvalue weighted by molar-refractivity contribution is 7.17. The Kier molecular flexibility index (Phi) is 4.80. The average molecular weight is 363 g/mol. The van der Waals surface area contributed by atoms with Crippen LogP contribution in [0.15, 0.2) is 41.8 Å². The Balaban J connectivity index is 1.80. The zero-order valence-corrected chi connectivity index (χ0v) is 15.1. The summed E-state index contributed by atoms with van der Waals surface area (Å²) in [5, 5.41) is 6.55. The van der Waals surface area contributed by atoms with Crippen LogP contribution in [0.1, 0.15) is 33.2 Å². The van der Waals surface area contributed by atoms with E-state index in [4.69, 9.17) is 11.6 Å². The minimum Gasteiger partial charge on any atom is -0.344 e. The van der Waals surface area contributed by atoms with Crippen LogP contribution in [0.25, 0.3) is 10.6 Å². The first-order valence-electron chi connectivity index (χ1n) is 7.12. The van der Waals surface area contributed by atoms with Gasteiger partial charge in [0.25, 0.3) is 5.91 Å². The van der Waals surface area contributed by atoms with Gasteiger partial charge < -0.3 is 5.32 Å². The van der Waals surface area contributed by atoms with Crippen molar-refractivity contribution in [3.63, 3.8) is 0 Å². The Morgan fingerprint density at radius 2 is 2.00 bits per heavy atom. The van der Waals surface area contributed by atoms with Gasteiger partial charge in [0.05, 0.1) is 11.7 Å². The lowest BCUT2D eigenvalue weighted by Gasteiger charge is -2.11. The van der Waals surface area contributed by atoms with Crippen molar-refractivity contribution in [3.05, 3.63) is 62.2 Å². The summed E-state index contributed by atoms with van der Waals surface area (Å²) in [6, 6.07) is 11.5. The maximum Gasteiger partial charge on any atom is 0.263 e. The first-order chi connectivity index (χ1) is 11.0. The molecule has 6 heteroatoms. The first kappa shape index (κ1) is 16.2. The van der Waals surface area contributed by atoms with Gasteiger partial charge in [-0.05, 0) is 37.4 Å². The van der Waals surface area contributed by atoms with Gasteiger partial charge in [0.1, 0.15) is 9.88 Å². The standard InChI is InChI=1S/C17H15ClN2OS2/c1-10(14-4-3-9-22-14)19-16(21)15-11(2)20-17(23-15)12-5-7-13(18)8-6-12/h3-10H,1-2H3,(H,19,21). The number of benzene rings is 1. The van der Waals surface area contributed by atoms with Gasteiger partial charge in [-0.25, -0.2) is 4.98 Å². The number of nitrogens with one attached hydrogen (secondary N) is 1. The molecule has 0 aliphatic carbocycles. The molecule has 2 aromatic heterocycles. The van der Waals surface area contributed by atoms with E-state index in [0.29, 0.717) is 9.90 Å². The first-order valence-corrected chi connectivity index (χ1v) is 9.19. The van der Waals surface area contributed by atoms with Gasteiger partial charge >= 0.3 is 0 Å². The highest BCUT2D eigenvalue weighted by Crippen LogP contribution is 2.29. The third kappa shape index (κ3) is 3.63. The largest absolute Gasteiger partial charge is 0.344 e. The molecule has 3 aromatic rings. The second-order valence-corrected chi connectivity index (χ2v) is 7.57. The third-order valence-corrected chi connectivity index (χ3v) is 5.92. The van der Waals surface area contributed by atoms with Crippen molar-refractivity contribution in [1.29, 1.82) is 0 Å². The van der Waals surface area contributed by atoms with Crippen LogP contribution in [-0.4, -0.2) is 10.9 Å². The molecule has 1 N–H and O–H groups in total. The molecule has 2 heterocycles. The van der Waals surface area contributed by atoms with E-state index in [0.717, 1.165) is 21.1 Å². The van der Waals surface area contributed by atoms with Gasteiger partial charge in [-0.1, -0.05) is 29.8 Å².